The number of ether oxygens (including phenoxy) is 1. The van der Waals surface area contributed by atoms with Gasteiger partial charge in [0.15, 0.2) is 5.76 Å². The average Bonchev–Trinajstić information content (AvgIpc) is 3.06. The van der Waals surface area contributed by atoms with Crippen LogP contribution in [0.2, 0.25) is 0 Å². The second-order valence-electron chi connectivity index (χ2n) is 5.95. The summed E-state index contributed by atoms with van der Waals surface area (Å²) in [6, 6.07) is 9.64. The molecule has 0 radical (unpaired) electrons. The van der Waals surface area contributed by atoms with Crippen LogP contribution in [0.1, 0.15) is 43.7 Å². The maximum atomic E-state index is 9.87. The number of benzene rings is 1. The number of aromatic nitrogens is 1. The van der Waals surface area contributed by atoms with E-state index in [2.05, 4.69) is 24.3 Å². The molecule has 0 aliphatic rings. The van der Waals surface area contributed by atoms with Gasteiger partial charge in [0.2, 0.25) is 0 Å². The van der Waals surface area contributed by atoms with Crippen LogP contribution in [0.15, 0.2) is 34.9 Å². The lowest BCUT2D eigenvalue weighted by Gasteiger charge is -2.14. The van der Waals surface area contributed by atoms with Crippen molar-refractivity contribution < 1.29 is 14.4 Å². The van der Waals surface area contributed by atoms with Crippen molar-refractivity contribution in [2.45, 2.75) is 32.8 Å². The molecule has 24 heavy (non-hydrogen) atoms. The van der Waals surface area contributed by atoms with Crippen molar-refractivity contribution in [3.05, 3.63) is 47.3 Å². The highest BCUT2D eigenvalue weighted by molar-refractivity contribution is 5.70. The van der Waals surface area contributed by atoms with Crippen LogP contribution < -0.4 is 10.1 Å². The molecule has 0 amide bonds. The van der Waals surface area contributed by atoms with Crippen molar-refractivity contribution >= 4 is 12.2 Å². The van der Waals surface area contributed by atoms with Crippen molar-refractivity contribution in [3.8, 4) is 5.75 Å². The first-order valence-electron chi connectivity index (χ1n) is 8.35. The molecule has 2 rings (SSSR count). The van der Waals surface area contributed by atoms with E-state index in [1.165, 1.54) is 0 Å². The van der Waals surface area contributed by atoms with Gasteiger partial charge in [0.25, 0.3) is 0 Å². The number of aliphatic hydroxyl groups excluding tert-OH is 1. The summed E-state index contributed by atoms with van der Waals surface area (Å²) in [6.45, 7) is 7.75. The minimum absolute atomic E-state index is 0.248. The molecule has 1 atom stereocenters. The Hall–Kier alpha value is -2.11. The van der Waals surface area contributed by atoms with E-state index in [-0.39, 0.29) is 6.61 Å². The monoisotopic (exact) mass is 330 g/mol. The lowest BCUT2D eigenvalue weighted by Crippen LogP contribution is -2.31. The summed E-state index contributed by atoms with van der Waals surface area (Å²) >= 11 is 0. The first-order valence-corrected chi connectivity index (χ1v) is 8.35. The van der Waals surface area contributed by atoms with Crippen LogP contribution in [-0.4, -0.2) is 36.1 Å². The third-order valence-corrected chi connectivity index (χ3v) is 3.55. The molecule has 0 aliphatic heterocycles. The summed E-state index contributed by atoms with van der Waals surface area (Å²) in [7, 11) is 0. The average molecular weight is 330 g/mol. The van der Waals surface area contributed by atoms with Crippen molar-refractivity contribution in [3.63, 3.8) is 0 Å². The SMILES string of the molecule is CCNCC(O)COc1ccccc1C=Cc1cc(C(C)C)no1. The van der Waals surface area contributed by atoms with E-state index >= 15 is 0 Å². The quantitative estimate of drug-likeness (QED) is 0.738. The zero-order valence-electron chi connectivity index (χ0n) is 14.5. The van der Waals surface area contributed by atoms with E-state index < -0.39 is 6.10 Å². The molecule has 0 aliphatic carbocycles. The Bertz CT molecular complexity index is 650. The van der Waals surface area contributed by atoms with Gasteiger partial charge in [-0.1, -0.05) is 44.1 Å². The predicted molar refractivity (Wildman–Crippen MR) is 96.0 cm³/mol. The second kappa shape index (κ2) is 9.25. The molecule has 130 valence electrons. The molecule has 1 heterocycles. The lowest BCUT2D eigenvalue weighted by molar-refractivity contribution is 0.107. The molecule has 0 bridgehead atoms. The van der Waals surface area contributed by atoms with Gasteiger partial charge in [0.1, 0.15) is 18.5 Å². The standard InChI is InChI=1S/C19H26N2O3/c1-4-20-12-16(22)13-23-19-8-6-5-7-15(19)9-10-17-11-18(14(2)3)21-24-17/h5-11,14,16,20,22H,4,12-13H2,1-3H3. The Labute approximate surface area is 143 Å². The highest BCUT2D eigenvalue weighted by Gasteiger charge is 2.08. The summed E-state index contributed by atoms with van der Waals surface area (Å²) in [6.07, 6.45) is 3.26. The third-order valence-electron chi connectivity index (χ3n) is 3.55. The van der Waals surface area contributed by atoms with Gasteiger partial charge in [-0.05, 0) is 30.7 Å². The fraction of sp³-hybridized carbons (Fsp3) is 0.421. The van der Waals surface area contributed by atoms with Gasteiger partial charge in [-0.25, -0.2) is 0 Å². The molecule has 5 heteroatoms. The third kappa shape index (κ3) is 5.51. The molecule has 5 nitrogen and oxygen atoms in total. The molecule has 1 aromatic carbocycles. The fourth-order valence-corrected chi connectivity index (χ4v) is 2.13. The number of rotatable bonds is 9. The normalized spacial score (nSPS) is 12.9. The minimum Gasteiger partial charge on any atom is -0.490 e. The lowest BCUT2D eigenvalue weighted by atomic mass is 10.1. The number of para-hydroxylation sites is 1. The number of likely N-dealkylation sites (N-methyl/N-ethyl adjacent to an activating group) is 1. The van der Waals surface area contributed by atoms with Crippen LogP contribution in [0.3, 0.4) is 0 Å². The zero-order chi connectivity index (χ0) is 17.4. The van der Waals surface area contributed by atoms with Gasteiger partial charge in [-0.3, -0.25) is 0 Å². The topological polar surface area (TPSA) is 67.5 Å². The molecular formula is C19H26N2O3. The van der Waals surface area contributed by atoms with Gasteiger partial charge < -0.3 is 19.7 Å². The largest absolute Gasteiger partial charge is 0.490 e. The first-order chi connectivity index (χ1) is 11.6. The molecule has 0 saturated heterocycles. The first kappa shape index (κ1) is 18.2. The Kier molecular flexibility index (Phi) is 7.03. The fourth-order valence-electron chi connectivity index (χ4n) is 2.13. The molecule has 0 spiro atoms. The highest BCUT2D eigenvalue weighted by atomic mass is 16.5. The molecule has 1 unspecified atom stereocenters. The van der Waals surface area contributed by atoms with E-state index in [4.69, 9.17) is 9.26 Å². The number of hydrogen-bond acceptors (Lipinski definition) is 5. The molecule has 2 aromatic rings. The number of hydrogen-bond donors (Lipinski definition) is 2. The number of nitrogens with zero attached hydrogens (tertiary/aromatic N) is 1. The maximum Gasteiger partial charge on any atom is 0.159 e. The van der Waals surface area contributed by atoms with Gasteiger partial charge in [0.05, 0.1) is 5.69 Å². The number of nitrogens with one attached hydrogen (secondary N) is 1. The van der Waals surface area contributed by atoms with Crippen LogP contribution in [0.5, 0.6) is 5.75 Å². The van der Waals surface area contributed by atoms with E-state index in [0.29, 0.717) is 18.2 Å². The van der Waals surface area contributed by atoms with Crippen molar-refractivity contribution in [1.82, 2.24) is 10.5 Å². The summed E-state index contributed by atoms with van der Waals surface area (Å²) in [5.74, 6) is 1.78. The van der Waals surface area contributed by atoms with E-state index in [9.17, 15) is 5.11 Å². The van der Waals surface area contributed by atoms with Gasteiger partial charge >= 0.3 is 0 Å². The van der Waals surface area contributed by atoms with Gasteiger partial charge in [-0.2, -0.15) is 0 Å². The van der Waals surface area contributed by atoms with Crippen LogP contribution in [-0.2, 0) is 0 Å². The molecule has 0 fully saturated rings. The van der Waals surface area contributed by atoms with Gasteiger partial charge in [-0.15, -0.1) is 0 Å². The Morgan fingerprint density at radius 2 is 2.08 bits per heavy atom. The number of aliphatic hydroxyl groups is 1. The maximum absolute atomic E-state index is 9.87. The summed E-state index contributed by atoms with van der Waals surface area (Å²) in [4.78, 5) is 0. The van der Waals surface area contributed by atoms with E-state index in [1.807, 2.05) is 49.4 Å². The van der Waals surface area contributed by atoms with E-state index in [1.54, 1.807) is 0 Å². The molecule has 2 N–H and O–H groups in total. The molecular weight excluding hydrogens is 304 g/mol. The highest BCUT2D eigenvalue weighted by Crippen LogP contribution is 2.22. The second-order valence-corrected chi connectivity index (χ2v) is 5.95. The summed E-state index contributed by atoms with van der Waals surface area (Å²) in [5.41, 5.74) is 1.86. The Morgan fingerprint density at radius 3 is 2.79 bits per heavy atom. The molecule has 1 aromatic heterocycles. The zero-order valence-corrected chi connectivity index (χ0v) is 14.5. The predicted octanol–water partition coefficient (Wildman–Crippen LogP) is 3.32. The smallest absolute Gasteiger partial charge is 0.159 e. The minimum atomic E-state index is -0.537. The van der Waals surface area contributed by atoms with Crippen molar-refractivity contribution in [2.75, 3.05) is 19.7 Å². The van der Waals surface area contributed by atoms with Gasteiger partial charge in [0, 0.05) is 18.2 Å². The Morgan fingerprint density at radius 1 is 1.29 bits per heavy atom. The summed E-state index contributed by atoms with van der Waals surface area (Å²) in [5, 5.41) is 17.0. The van der Waals surface area contributed by atoms with E-state index in [0.717, 1.165) is 23.6 Å². The molecule has 0 saturated carbocycles. The van der Waals surface area contributed by atoms with Crippen LogP contribution in [0, 0.1) is 0 Å². The van der Waals surface area contributed by atoms with Crippen LogP contribution in [0.4, 0.5) is 0 Å². The Balaban J connectivity index is 2.01. The van der Waals surface area contributed by atoms with Crippen molar-refractivity contribution in [2.24, 2.45) is 0 Å². The van der Waals surface area contributed by atoms with Crippen LogP contribution >= 0.6 is 0 Å². The van der Waals surface area contributed by atoms with Crippen molar-refractivity contribution in [1.29, 1.82) is 0 Å². The van der Waals surface area contributed by atoms with Crippen LogP contribution in [0.25, 0.3) is 12.2 Å². The summed E-state index contributed by atoms with van der Waals surface area (Å²) < 4.78 is 11.0.